The third-order valence-electron chi connectivity index (χ3n) is 2.94. The minimum Gasteiger partial charge on any atom is -0.479 e. The van der Waals surface area contributed by atoms with E-state index in [0.29, 0.717) is 31.9 Å². The van der Waals surface area contributed by atoms with Gasteiger partial charge in [0.2, 0.25) is 5.91 Å². The molecule has 18 heavy (non-hydrogen) atoms. The standard InChI is InChI=1S/C12H22N2O4/c1-9(2)13-6-3-4-10(15)14-12(11(16)17)5-7-18-8-12/h9,13H,3-8H2,1-2H3,(H,14,15)(H,16,17). The van der Waals surface area contributed by atoms with Crippen LogP contribution in [0, 0.1) is 0 Å². The van der Waals surface area contributed by atoms with Crippen LogP contribution in [0.5, 0.6) is 0 Å². The predicted molar refractivity (Wildman–Crippen MR) is 66.3 cm³/mol. The van der Waals surface area contributed by atoms with Crippen LogP contribution >= 0.6 is 0 Å². The van der Waals surface area contributed by atoms with E-state index in [1.54, 1.807) is 0 Å². The maximum Gasteiger partial charge on any atom is 0.331 e. The molecule has 0 aromatic heterocycles. The summed E-state index contributed by atoms with van der Waals surface area (Å²) in [6.45, 7) is 5.26. The molecular formula is C12H22N2O4. The van der Waals surface area contributed by atoms with Gasteiger partial charge in [-0.25, -0.2) is 4.79 Å². The molecule has 1 fully saturated rings. The van der Waals surface area contributed by atoms with Gasteiger partial charge in [0.15, 0.2) is 5.54 Å². The van der Waals surface area contributed by atoms with Gasteiger partial charge in [0.25, 0.3) is 0 Å². The number of carboxylic acids is 1. The lowest BCUT2D eigenvalue weighted by Gasteiger charge is -2.23. The van der Waals surface area contributed by atoms with Gasteiger partial charge >= 0.3 is 5.97 Å². The van der Waals surface area contributed by atoms with Crippen molar-refractivity contribution in [1.29, 1.82) is 0 Å². The Kier molecular flexibility index (Phi) is 5.55. The minimum atomic E-state index is -1.22. The van der Waals surface area contributed by atoms with Gasteiger partial charge in [-0.2, -0.15) is 0 Å². The summed E-state index contributed by atoms with van der Waals surface area (Å²) >= 11 is 0. The van der Waals surface area contributed by atoms with Crippen LogP contribution in [0.25, 0.3) is 0 Å². The zero-order valence-corrected chi connectivity index (χ0v) is 11.0. The number of aliphatic carboxylic acids is 1. The van der Waals surface area contributed by atoms with Crippen molar-refractivity contribution >= 4 is 11.9 Å². The highest BCUT2D eigenvalue weighted by Crippen LogP contribution is 2.19. The molecule has 0 aromatic carbocycles. The molecule has 1 amide bonds. The van der Waals surface area contributed by atoms with Crippen molar-refractivity contribution in [2.45, 2.75) is 44.7 Å². The first-order valence-electron chi connectivity index (χ1n) is 6.32. The molecule has 1 aliphatic rings. The van der Waals surface area contributed by atoms with Gasteiger partial charge in [-0.15, -0.1) is 0 Å². The predicted octanol–water partition coefficient (Wildman–Crippen LogP) is 0.125. The Morgan fingerprint density at radius 2 is 2.17 bits per heavy atom. The average Bonchev–Trinajstić information content (AvgIpc) is 2.74. The molecule has 0 bridgehead atoms. The summed E-state index contributed by atoms with van der Waals surface area (Å²) in [5.74, 6) is -1.25. The maximum absolute atomic E-state index is 11.7. The van der Waals surface area contributed by atoms with E-state index in [1.165, 1.54) is 0 Å². The van der Waals surface area contributed by atoms with Gasteiger partial charge in [0, 0.05) is 25.5 Å². The second-order valence-corrected chi connectivity index (χ2v) is 4.95. The van der Waals surface area contributed by atoms with Crippen molar-refractivity contribution in [2.75, 3.05) is 19.8 Å². The third kappa shape index (κ3) is 4.27. The molecule has 1 rings (SSSR count). The number of hydrogen-bond acceptors (Lipinski definition) is 4. The van der Waals surface area contributed by atoms with E-state index in [2.05, 4.69) is 10.6 Å². The lowest BCUT2D eigenvalue weighted by molar-refractivity contribution is -0.147. The molecule has 0 aromatic rings. The molecule has 3 N–H and O–H groups in total. The van der Waals surface area contributed by atoms with Crippen LogP contribution < -0.4 is 10.6 Å². The van der Waals surface area contributed by atoms with E-state index in [-0.39, 0.29) is 12.5 Å². The third-order valence-corrected chi connectivity index (χ3v) is 2.94. The van der Waals surface area contributed by atoms with E-state index in [9.17, 15) is 9.59 Å². The summed E-state index contributed by atoms with van der Waals surface area (Å²) in [6.07, 6.45) is 1.35. The molecule has 1 unspecified atom stereocenters. The van der Waals surface area contributed by atoms with Crippen LogP contribution in [0.4, 0.5) is 0 Å². The van der Waals surface area contributed by atoms with Crippen LogP contribution in [0.15, 0.2) is 0 Å². The smallest absolute Gasteiger partial charge is 0.331 e. The second-order valence-electron chi connectivity index (χ2n) is 4.95. The SMILES string of the molecule is CC(C)NCCCC(=O)NC1(C(=O)O)CCOC1. The average molecular weight is 258 g/mol. The topological polar surface area (TPSA) is 87.7 Å². The molecule has 1 heterocycles. The fourth-order valence-corrected chi connectivity index (χ4v) is 1.85. The lowest BCUT2D eigenvalue weighted by Crippen LogP contribution is -2.55. The number of nitrogens with one attached hydrogen (secondary N) is 2. The normalized spacial score (nSPS) is 23.3. The summed E-state index contributed by atoms with van der Waals surface area (Å²) in [7, 11) is 0. The summed E-state index contributed by atoms with van der Waals surface area (Å²) < 4.78 is 5.07. The first kappa shape index (κ1) is 14.9. The summed E-state index contributed by atoms with van der Waals surface area (Å²) in [4.78, 5) is 22.9. The maximum atomic E-state index is 11.7. The minimum absolute atomic E-state index is 0.0539. The van der Waals surface area contributed by atoms with E-state index in [0.717, 1.165) is 6.54 Å². The number of rotatable bonds is 7. The zero-order valence-electron chi connectivity index (χ0n) is 11.0. The molecule has 104 valence electrons. The Hall–Kier alpha value is -1.14. The first-order chi connectivity index (χ1) is 8.46. The van der Waals surface area contributed by atoms with Crippen molar-refractivity contribution < 1.29 is 19.4 Å². The van der Waals surface area contributed by atoms with Crippen molar-refractivity contribution in [3.8, 4) is 0 Å². The Bertz CT molecular complexity index is 298. The number of carboxylic acid groups (broad SMARTS) is 1. The van der Waals surface area contributed by atoms with Crippen molar-refractivity contribution in [2.24, 2.45) is 0 Å². The van der Waals surface area contributed by atoms with E-state index in [4.69, 9.17) is 9.84 Å². The number of carbonyl (C=O) groups is 2. The lowest BCUT2D eigenvalue weighted by atomic mass is 9.98. The van der Waals surface area contributed by atoms with E-state index < -0.39 is 11.5 Å². The largest absolute Gasteiger partial charge is 0.479 e. The molecule has 0 saturated carbocycles. The number of amides is 1. The molecule has 6 nitrogen and oxygen atoms in total. The fourth-order valence-electron chi connectivity index (χ4n) is 1.85. The van der Waals surface area contributed by atoms with Gasteiger partial charge < -0.3 is 20.5 Å². The molecule has 1 atom stereocenters. The van der Waals surface area contributed by atoms with Gasteiger partial charge in [-0.1, -0.05) is 13.8 Å². The van der Waals surface area contributed by atoms with Crippen LogP contribution in [0.1, 0.15) is 33.1 Å². The molecule has 0 aliphatic carbocycles. The fraction of sp³-hybridized carbons (Fsp3) is 0.833. The van der Waals surface area contributed by atoms with Crippen molar-refractivity contribution in [1.82, 2.24) is 10.6 Å². The number of carbonyl (C=O) groups excluding carboxylic acids is 1. The molecular weight excluding hydrogens is 236 g/mol. The first-order valence-corrected chi connectivity index (χ1v) is 6.32. The molecule has 1 saturated heterocycles. The van der Waals surface area contributed by atoms with Crippen LogP contribution in [-0.4, -0.2) is 48.3 Å². The molecule has 0 spiro atoms. The van der Waals surface area contributed by atoms with Crippen molar-refractivity contribution in [3.05, 3.63) is 0 Å². The quantitative estimate of drug-likeness (QED) is 0.565. The van der Waals surface area contributed by atoms with E-state index in [1.807, 2.05) is 13.8 Å². The molecule has 6 heteroatoms. The Balaban J connectivity index is 2.32. The Morgan fingerprint density at radius 3 is 2.67 bits per heavy atom. The Labute approximate surface area is 107 Å². The summed E-state index contributed by atoms with van der Waals surface area (Å²) in [5, 5.41) is 14.9. The second kappa shape index (κ2) is 6.70. The van der Waals surface area contributed by atoms with E-state index >= 15 is 0 Å². The summed E-state index contributed by atoms with van der Waals surface area (Å²) in [5.41, 5.74) is -1.22. The highest BCUT2D eigenvalue weighted by molar-refractivity contribution is 5.87. The van der Waals surface area contributed by atoms with Crippen LogP contribution in [-0.2, 0) is 14.3 Å². The van der Waals surface area contributed by atoms with Gasteiger partial charge in [-0.3, -0.25) is 4.79 Å². The van der Waals surface area contributed by atoms with Crippen LogP contribution in [0.3, 0.4) is 0 Å². The number of hydrogen-bond donors (Lipinski definition) is 3. The summed E-state index contributed by atoms with van der Waals surface area (Å²) in [6, 6.07) is 0.390. The Morgan fingerprint density at radius 1 is 1.44 bits per heavy atom. The molecule has 1 aliphatic heterocycles. The van der Waals surface area contributed by atoms with Gasteiger partial charge in [0.05, 0.1) is 6.61 Å². The van der Waals surface area contributed by atoms with Gasteiger partial charge in [0.1, 0.15) is 0 Å². The highest BCUT2D eigenvalue weighted by Gasteiger charge is 2.43. The zero-order chi connectivity index (χ0) is 13.6. The van der Waals surface area contributed by atoms with Crippen molar-refractivity contribution in [3.63, 3.8) is 0 Å². The number of ether oxygens (including phenoxy) is 1. The highest BCUT2D eigenvalue weighted by atomic mass is 16.5. The molecule has 0 radical (unpaired) electrons. The monoisotopic (exact) mass is 258 g/mol. The van der Waals surface area contributed by atoms with Gasteiger partial charge in [-0.05, 0) is 13.0 Å². The van der Waals surface area contributed by atoms with Crippen LogP contribution in [0.2, 0.25) is 0 Å².